The number of benzene rings is 2. The van der Waals surface area contributed by atoms with Crippen LogP contribution in [0.15, 0.2) is 42.5 Å². The van der Waals surface area contributed by atoms with E-state index in [0.717, 1.165) is 21.3 Å². The van der Waals surface area contributed by atoms with Gasteiger partial charge in [0.1, 0.15) is 11.6 Å². The second-order valence-corrected chi connectivity index (χ2v) is 5.07. The van der Waals surface area contributed by atoms with Gasteiger partial charge >= 0.3 is 0 Å². The molecule has 2 rings (SSSR count). The fourth-order valence-electron chi connectivity index (χ4n) is 1.92. The standard InChI is InChI=1S/C14H12F2IN/c1-18-14(10-4-2-3-5-13(10)17)11-8-9(15)6-7-12(11)16/h2-8,14,18H,1H3. The molecule has 0 radical (unpaired) electrons. The summed E-state index contributed by atoms with van der Waals surface area (Å²) in [5, 5.41) is 3.03. The average Bonchev–Trinajstić information content (AvgIpc) is 2.36. The van der Waals surface area contributed by atoms with Crippen LogP contribution in [0.1, 0.15) is 17.2 Å². The Hall–Kier alpha value is -1.01. The van der Waals surface area contributed by atoms with E-state index in [9.17, 15) is 8.78 Å². The molecule has 94 valence electrons. The fourth-order valence-corrected chi connectivity index (χ4v) is 2.62. The highest BCUT2D eigenvalue weighted by Gasteiger charge is 2.18. The minimum absolute atomic E-state index is 0.321. The van der Waals surface area contributed by atoms with Crippen LogP contribution in [0.2, 0.25) is 0 Å². The Labute approximate surface area is 118 Å². The van der Waals surface area contributed by atoms with Gasteiger partial charge in [-0.3, -0.25) is 0 Å². The normalized spacial score (nSPS) is 12.4. The molecular formula is C14H12F2IN. The van der Waals surface area contributed by atoms with Crippen LogP contribution in [0.4, 0.5) is 8.78 Å². The van der Waals surface area contributed by atoms with Gasteiger partial charge in [0.15, 0.2) is 0 Å². The Kier molecular flexibility index (Phi) is 4.29. The van der Waals surface area contributed by atoms with E-state index in [1.54, 1.807) is 7.05 Å². The maximum absolute atomic E-state index is 13.8. The Morgan fingerprint density at radius 1 is 1.06 bits per heavy atom. The Morgan fingerprint density at radius 3 is 2.44 bits per heavy atom. The quantitative estimate of drug-likeness (QED) is 0.821. The van der Waals surface area contributed by atoms with Crippen LogP contribution in [0, 0.1) is 15.2 Å². The van der Waals surface area contributed by atoms with Gasteiger partial charge in [-0.2, -0.15) is 0 Å². The van der Waals surface area contributed by atoms with Crippen molar-refractivity contribution in [2.45, 2.75) is 6.04 Å². The van der Waals surface area contributed by atoms with E-state index in [4.69, 9.17) is 0 Å². The number of rotatable bonds is 3. The van der Waals surface area contributed by atoms with Gasteiger partial charge in [0, 0.05) is 9.13 Å². The van der Waals surface area contributed by atoms with Crippen molar-refractivity contribution in [3.05, 3.63) is 68.8 Å². The minimum atomic E-state index is -0.433. The lowest BCUT2D eigenvalue weighted by Crippen LogP contribution is -2.20. The summed E-state index contributed by atoms with van der Waals surface area (Å²) in [6, 6.07) is 10.8. The molecule has 1 N–H and O–H groups in total. The molecule has 0 aliphatic rings. The van der Waals surface area contributed by atoms with Crippen molar-refractivity contribution in [2.24, 2.45) is 0 Å². The van der Waals surface area contributed by atoms with E-state index in [-0.39, 0.29) is 6.04 Å². The molecule has 0 heterocycles. The van der Waals surface area contributed by atoms with Gasteiger partial charge in [0.25, 0.3) is 0 Å². The second-order valence-electron chi connectivity index (χ2n) is 3.91. The van der Waals surface area contributed by atoms with Crippen LogP contribution in [-0.2, 0) is 0 Å². The summed E-state index contributed by atoms with van der Waals surface area (Å²) in [5.41, 5.74) is 1.26. The molecule has 0 aromatic heterocycles. The zero-order valence-corrected chi connectivity index (χ0v) is 11.9. The van der Waals surface area contributed by atoms with E-state index in [0.29, 0.717) is 5.56 Å². The Bertz CT molecular complexity index is 557. The first kappa shape index (κ1) is 13.4. The molecule has 0 spiro atoms. The highest BCUT2D eigenvalue weighted by molar-refractivity contribution is 14.1. The lowest BCUT2D eigenvalue weighted by Gasteiger charge is -2.19. The van der Waals surface area contributed by atoms with Crippen LogP contribution in [0.5, 0.6) is 0 Å². The molecule has 2 aromatic carbocycles. The monoisotopic (exact) mass is 359 g/mol. The number of hydrogen-bond donors (Lipinski definition) is 1. The number of nitrogens with one attached hydrogen (secondary N) is 1. The van der Waals surface area contributed by atoms with Crippen LogP contribution in [0.25, 0.3) is 0 Å². The van der Waals surface area contributed by atoms with Crippen LogP contribution < -0.4 is 5.32 Å². The average molecular weight is 359 g/mol. The number of halogens is 3. The summed E-state index contributed by atoms with van der Waals surface area (Å²) >= 11 is 2.19. The SMILES string of the molecule is CNC(c1cc(F)ccc1F)c1ccccc1I. The van der Waals surface area contributed by atoms with Gasteiger partial charge in [-0.1, -0.05) is 18.2 Å². The van der Waals surface area contributed by atoms with Gasteiger partial charge < -0.3 is 5.32 Å². The summed E-state index contributed by atoms with van der Waals surface area (Å²) in [6.07, 6.45) is 0. The minimum Gasteiger partial charge on any atom is -0.309 e. The lowest BCUT2D eigenvalue weighted by molar-refractivity contribution is 0.557. The lowest BCUT2D eigenvalue weighted by atomic mass is 9.98. The van der Waals surface area contributed by atoms with Crippen molar-refractivity contribution in [1.29, 1.82) is 0 Å². The maximum Gasteiger partial charge on any atom is 0.128 e. The first-order chi connectivity index (χ1) is 8.63. The Morgan fingerprint density at radius 2 is 1.78 bits per heavy atom. The summed E-state index contributed by atoms with van der Waals surface area (Å²) in [7, 11) is 1.73. The van der Waals surface area contributed by atoms with Crippen LogP contribution in [0.3, 0.4) is 0 Å². The largest absolute Gasteiger partial charge is 0.309 e. The Balaban J connectivity index is 2.52. The zero-order chi connectivity index (χ0) is 13.1. The molecule has 0 bridgehead atoms. The van der Waals surface area contributed by atoms with Crippen LogP contribution >= 0.6 is 22.6 Å². The molecule has 0 fully saturated rings. The van der Waals surface area contributed by atoms with Crippen molar-refractivity contribution in [3.8, 4) is 0 Å². The van der Waals surface area contributed by atoms with Gasteiger partial charge in [0.2, 0.25) is 0 Å². The van der Waals surface area contributed by atoms with E-state index >= 15 is 0 Å². The summed E-state index contributed by atoms with van der Waals surface area (Å²) in [6.45, 7) is 0. The van der Waals surface area contributed by atoms with Gasteiger partial charge in [-0.05, 0) is 59.5 Å². The number of hydrogen-bond acceptors (Lipinski definition) is 1. The molecule has 4 heteroatoms. The van der Waals surface area contributed by atoms with E-state index in [2.05, 4.69) is 27.9 Å². The third-order valence-corrected chi connectivity index (χ3v) is 3.76. The van der Waals surface area contributed by atoms with Crippen LogP contribution in [-0.4, -0.2) is 7.05 Å². The predicted molar refractivity (Wildman–Crippen MR) is 76.4 cm³/mol. The topological polar surface area (TPSA) is 12.0 Å². The van der Waals surface area contributed by atoms with Crippen molar-refractivity contribution < 1.29 is 8.78 Å². The van der Waals surface area contributed by atoms with Crippen molar-refractivity contribution >= 4 is 22.6 Å². The summed E-state index contributed by atoms with van der Waals surface area (Å²) < 4.78 is 28.1. The van der Waals surface area contributed by atoms with E-state index in [1.807, 2.05) is 24.3 Å². The molecule has 1 atom stereocenters. The van der Waals surface area contributed by atoms with Crippen molar-refractivity contribution in [2.75, 3.05) is 7.05 Å². The molecular weight excluding hydrogens is 347 g/mol. The maximum atomic E-state index is 13.8. The van der Waals surface area contributed by atoms with Crippen molar-refractivity contribution in [3.63, 3.8) is 0 Å². The van der Waals surface area contributed by atoms with E-state index < -0.39 is 11.6 Å². The molecule has 0 saturated carbocycles. The smallest absolute Gasteiger partial charge is 0.128 e. The van der Waals surface area contributed by atoms with E-state index in [1.165, 1.54) is 6.07 Å². The van der Waals surface area contributed by atoms with Gasteiger partial charge in [-0.15, -0.1) is 0 Å². The zero-order valence-electron chi connectivity index (χ0n) is 9.75. The molecule has 0 aliphatic carbocycles. The molecule has 1 nitrogen and oxygen atoms in total. The highest BCUT2D eigenvalue weighted by atomic mass is 127. The molecule has 0 saturated heterocycles. The molecule has 0 amide bonds. The first-order valence-electron chi connectivity index (χ1n) is 5.50. The molecule has 18 heavy (non-hydrogen) atoms. The van der Waals surface area contributed by atoms with Gasteiger partial charge in [-0.25, -0.2) is 8.78 Å². The molecule has 0 aliphatic heterocycles. The van der Waals surface area contributed by atoms with Crippen molar-refractivity contribution in [1.82, 2.24) is 5.32 Å². The third kappa shape index (κ3) is 2.70. The molecule has 2 aromatic rings. The third-order valence-electron chi connectivity index (χ3n) is 2.77. The summed E-state index contributed by atoms with van der Waals surface area (Å²) in [5.74, 6) is -0.840. The summed E-state index contributed by atoms with van der Waals surface area (Å²) in [4.78, 5) is 0. The predicted octanol–water partition coefficient (Wildman–Crippen LogP) is 3.88. The fraction of sp³-hybridized carbons (Fsp3) is 0.143. The first-order valence-corrected chi connectivity index (χ1v) is 6.58. The second kappa shape index (κ2) is 5.75. The van der Waals surface area contributed by atoms with Gasteiger partial charge in [0.05, 0.1) is 6.04 Å². The highest BCUT2D eigenvalue weighted by Crippen LogP contribution is 2.28. The molecule has 1 unspecified atom stereocenters.